The van der Waals surface area contributed by atoms with Gasteiger partial charge in [0.2, 0.25) is 5.91 Å². The van der Waals surface area contributed by atoms with Gasteiger partial charge in [-0.25, -0.2) is 0 Å². The summed E-state index contributed by atoms with van der Waals surface area (Å²) in [7, 11) is 0. The Kier molecular flexibility index (Phi) is 7.64. The van der Waals surface area contributed by atoms with Crippen LogP contribution in [0.4, 0.5) is 5.69 Å². The largest absolute Gasteiger partial charge is 0.481 e. The molecule has 0 fully saturated rings. The molecule has 0 aromatic heterocycles. The first-order chi connectivity index (χ1) is 13.8. The fourth-order valence-corrected chi connectivity index (χ4v) is 2.91. The van der Waals surface area contributed by atoms with Gasteiger partial charge in [0.1, 0.15) is 0 Å². The van der Waals surface area contributed by atoms with Crippen molar-refractivity contribution in [3.05, 3.63) is 35.4 Å². The van der Waals surface area contributed by atoms with Crippen molar-refractivity contribution < 1.29 is 29.1 Å². The van der Waals surface area contributed by atoms with Gasteiger partial charge in [0.05, 0.1) is 19.0 Å². The summed E-state index contributed by atoms with van der Waals surface area (Å²) < 4.78 is 0. The lowest BCUT2D eigenvalue weighted by atomic mass is 9.96. The number of hydrogen-bond donors (Lipinski definition) is 4. The number of carboxylic acid groups (broad SMARTS) is 1. The Hall–Kier alpha value is -3.49. The van der Waals surface area contributed by atoms with Crippen molar-refractivity contribution in [1.82, 2.24) is 10.6 Å². The number of ketones is 1. The van der Waals surface area contributed by atoms with E-state index in [1.807, 2.05) is 18.2 Å². The van der Waals surface area contributed by atoms with Crippen LogP contribution in [0.3, 0.4) is 0 Å². The van der Waals surface area contributed by atoms with Crippen molar-refractivity contribution in [3.8, 4) is 0 Å². The summed E-state index contributed by atoms with van der Waals surface area (Å²) >= 11 is 0. The van der Waals surface area contributed by atoms with E-state index in [0.717, 1.165) is 24.0 Å². The van der Waals surface area contributed by atoms with Crippen LogP contribution in [0.15, 0.2) is 24.3 Å². The first-order valence-corrected chi connectivity index (χ1v) is 9.23. The summed E-state index contributed by atoms with van der Waals surface area (Å²) in [5.74, 6) is -4.39. The van der Waals surface area contributed by atoms with E-state index in [-0.39, 0.29) is 6.42 Å². The number of fused-ring (bicyclic) bond motifs is 1. The number of carboxylic acids is 1. The lowest BCUT2D eigenvalue weighted by molar-refractivity contribution is -0.140. The Morgan fingerprint density at radius 1 is 1.14 bits per heavy atom. The maximum atomic E-state index is 12.1. The molecule has 0 spiro atoms. The molecule has 2 rings (SSSR count). The fraction of sp³-hybridized carbons (Fsp3) is 0.350. The van der Waals surface area contributed by atoms with E-state index in [0.29, 0.717) is 5.69 Å². The van der Waals surface area contributed by atoms with Crippen LogP contribution in [0.1, 0.15) is 37.3 Å². The second kappa shape index (κ2) is 10.2. The molecule has 1 aliphatic rings. The molecule has 9 nitrogen and oxygen atoms in total. The molecule has 0 radical (unpaired) electrons. The van der Waals surface area contributed by atoms with Crippen LogP contribution in [0, 0.1) is 0 Å². The zero-order valence-electron chi connectivity index (χ0n) is 16.0. The number of amides is 3. The molecule has 0 bridgehead atoms. The van der Waals surface area contributed by atoms with E-state index < -0.39 is 48.5 Å². The molecule has 4 N–H and O–H groups in total. The SMILES string of the molecule is CCC(=O)C(CC(=O)O)NC(=O)CNC(=O)C(=O)Nc1cccc2c1C=CCC2. The molecule has 0 aliphatic heterocycles. The summed E-state index contributed by atoms with van der Waals surface area (Å²) in [6.07, 6.45) is 5.11. The monoisotopic (exact) mass is 401 g/mol. The van der Waals surface area contributed by atoms with Crippen molar-refractivity contribution in [3.63, 3.8) is 0 Å². The predicted octanol–water partition coefficient (Wildman–Crippen LogP) is 0.639. The summed E-state index contributed by atoms with van der Waals surface area (Å²) in [6, 6.07) is 4.23. The maximum Gasteiger partial charge on any atom is 0.313 e. The Morgan fingerprint density at radius 2 is 1.90 bits per heavy atom. The highest BCUT2D eigenvalue weighted by Gasteiger charge is 2.23. The van der Waals surface area contributed by atoms with Crippen molar-refractivity contribution in [2.24, 2.45) is 0 Å². The number of nitrogens with one attached hydrogen (secondary N) is 3. The second-order valence-electron chi connectivity index (χ2n) is 6.49. The average molecular weight is 401 g/mol. The third-order valence-corrected chi connectivity index (χ3v) is 4.38. The van der Waals surface area contributed by atoms with Gasteiger partial charge in [-0.2, -0.15) is 0 Å². The summed E-state index contributed by atoms with van der Waals surface area (Å²) in [6.45, 7) is 0.985. The summed E-state index contributed by atoms with van der Waals surface area (Å²) in [5.41, 5.74) is 2.40. The highest BCUT2D eigenvalue weighted by atomic mass is 16.4. The molecule has 0 saturated carbocycles. The fourth-order valence-electron chi connectivity index (χ4n) is 2.91. The van der Waals surface area contributed by atoms with Crippen molar-refractivity contribution >= 4 is 41.2 Å². The van der Waals surface area contributed by atoms with E-state index in [1.165, 1.54) is 0 Å². The molecule has 9 heteroatoms. The number of rotatable bonds is 8. The summed E-state index contributed by atoms with van der Waals surface area (Å²) in [4.78, 5) is 58.6. The van der Waals surface area contributed by atoms with Crippen LogP contribution in [0.25, 0.3) is 6.08 Å². The molecule has 0 saturated heterocycles. The van der Waals surface area contributed by atoms with Gasteiger partial charge in [-0.3, -0.25) is 24.0 Å². The molecule has 29 heavy (non-hydrogen) atoms. The third kappa shape index (κ3) is 6.27. The first-order valence-electron chi connectivity index (χ1n) is 9.23. The van der Waals surface area contributed by atoms with Crippen molar-refractivity contribution in [2.75, 3.05) is 11.9 Å². The summed E-state index contributed by atoms with van der Waals surface area (Å²) in [5, 5.41) is 15.8. The Balaban J connectivity index is 1.89. The van der Waals surface area contributed by atoms with E-state index >= 15 is 0 Å². The number of anilines is 1. The number of carbonyl (C=O) groups excluding carboxylic acids is 4. The molecule has 1 atom stereocenters. The van der Waals surface area contributed by atoms with Gasteiger partial charge < -0.3 is 21.1 Å². The smallest absolute Gasteiger partial charge is 0.313 e. The average Bonchev–Trinajstić information content (AvgIpc) is 2.70. The minimum absolute atomic E-state index is 0.0584. The lowest BCUT2D eigenvalue weighted by Crippen LogP contribution is -2.47. The van der Waals surface area contributed by atoms with E-state index in [4.69, 9.17) is 5.11 Å². The predicted molar refractivity (Wildman–Crippen MR) is 105 cm³/mol. The highest BCUT2D eigenvalue weighted by molar-refractivity contribution is 6.40. The van der Waals surface area contributed by atoms with Crippen LogP contribution < -0.4 is 16.0 Å². The number of allylic oxidation sites excluding steroid dienone is 1. The van der Waals surface area contributed by atoms with Crippen molar-refractivity contribution in [1.29, 1.82) is 0 Å². The normalized spacial score (nSPS) is 13.0. The third-order valence-electron chi connectivity index (χ3n) is 4.38. The van der Waals surface area contributed by atoms with E-state index in [9.17, 15) is 24.0 Å². The number of carbonyl (C=O) groups is 5. The maximum absolute atomic E-state index is 12.1. The molecule has 0 heterocycles. The zero-order chi connectivity index (χ0) is 21.4. The molecule has 1 unspecified atom stereocenters. The standard InChI is InChI=1S/C20H23N3O6/c1-2-16(24)15(10-18(26)27)22-17(25)11-21-19(28)20(29)23-14-9-5-7-12-6-3-4-8-13(12)14/h4-5,7-9,15H,2-3,6,10-11H2,1H3,(H,21,28)(H,22,25)(H,23,29)(H,26,27). The molecule has 1 aliphatic carbocycles. The van der Waals surface area contributed by atoms with E-state index in [2.05, 4.69) is 16.0 Å². The van der Waals surface area contributed by atoms with Gasteiger partial charge in [-0.15, -0.1) is 0 Å². The Bertz CT molecular complexity index is 862. The van der Waals surface area contributed by atoms with Crippen LogP contribution in [-0.4, -0.2) is 47.2 Å². The molecular formula is C20H23N3O6. The minimum Gasteiger partial charge on any atom is -0.481 e. The van der Waals surface area contributed by atoms with Crippen LogP contribution >= 0.6 is 0 Å². The van der Waals surface area contributed by atoms with Crippen LogP contribution in [-0.2, 0) is 30.4 Å². The van der Waals surface area contributed by atoms with Crippen LogP contribution in [0.2, 0.25) is 0 Å². The second-order valence-corrected chi connectivity index (χ2v) is 6.49. The number of hydrogen-bond acceptors (Lipinski definition) is 5. The van der Waals surface area contributed by atoms with Gasteiger partial charge in [0.15, 0.2) is 5.78 Å². The molecule has 1 aromatic rings. The van der Waals surface area contributed by atoms with E-state index in [1.54, 1.807) is 19.1 Å². The zero-order valence-corrected chi connectivity index (χ0v) is 16.0. The number of aliphatic carboxylic acids is 1. The van der Waals surface area contributed by atoms with Gasteiger partial charge >= 0.3 is 17.8 Å². The molecular weight excluding hydrogens is 378 g/mol. The number of benzene rings is 1. The molecule has 154 valence electrons. The first kappa shape index (κ1) is 21.8. The Labute approximate surface area is 167 Å². The number of aryl methyl sites for hydroxylation is 1. The molecule has 1 aromatic carbocycles. The quantitative estimate of drug-likeness (QED) is 0.471. The minimum atomic E-state index is -1.24. The number of Topliss-reactive ketones (excluding diaryl/α,β-unsaturated/α-hetero) is 1. The van der Waals surface area contributed by atoms with Gasteiger partial charge in [-0.1, -0.05) is 31.2 Å². The van der Waals surface area contributed by atoms with Crippen LogP contribution in [0.5, 0.6) is 0 Å². The topological polar surface area (TPSA) is 142 Å². The Morgan fingerprint density at radius 3 is 2.59 bits per heavy atom. The highest BCUT2D eigenvalue weighted by Crippen LogP contribution is 2.26. The lowest BCUT2D eigenvalue weighted by Gasteiger charge is -2.16. The molecule has 3 amide bonds. The van der Waals surface area contributed by atoms with Gasteiger partial charge in [0.25, 0.3) is 0 Å². The van der Waals surface area contributed by atoms with Gasteiger partial charge in [-0.05, 0) is 24.5 Å². The van der Waals surface area contributed by atoms with Gasteiger partial charge in [0, 0.05) is 17.7 Å². The van der Waals surface area contributed by atoms with Crippen molar-refractivity contribution in [2.45, 2.75) is 38.6 Å².